The molecule has 0 aliphatic rings. The molecule has 0 aliphatic carbocycles. The Balaban J connectivity index is 2.20. The number of hydrogen-bond donors (Lipinski definition) is 0. The van der Waals surface area contributed by atoms with Crippen LogP contribution in [0, 0.1) is 0 Å². The van der Waals surface area contributed by atoms with Crippen molar-refractivity contribution in [1.29, 1.82) is 0 Å². The quantitative estimate of drug-likeness (QED) is 0.744. The number of ether oxygens (including phenoxy) is 1. The summed E-state index contributed by atoms with van der Waals surface area (Å²) in [5, 5.41) is 2.40. The zero-order valence-electron chi connectivity index (χ0n) is 9.81. The number of hydrogen-bond acceptors (Lipinski definition) is 1. The molecule has 2 aromatic carbocycles. The molecule has 0 atom stereocenters. The van der Waals surface area contributed by atoms with Crippen LogP contribution in [-0.4, -0.2) is 16.6 Å². The molecule has 0 unspecified atom stereocenters. The van der Waals surface area contributed by atoms with E-state index in [9.17, 15) is 0 Å². The molecule has 2 radical (unpaired) electrons. The van der Waals surface area contributed by atoms with Crippen molar-refractivity contribution in [3.05, 3.63) is 66.7 Å². The SMILES string of the molecule is C=C([Si]c1ccccc1)c1ccccc1OC. The van der Waals surface area contributed by atoms with Crippen LogP contribution in [0.2, 0.25) is 0 Å². The minimum absolute atomic E-state index is 0.581. The molecule has 2 rings (SSSR count). The third-order valence-electron chi connectivity index (χ3n) is 2.50. The first-order chi connectivity index (χ1) is 8.31. The second kappa shape index (κ2) is 5.50. The maximum absolute atomic E-state index is 5.35. The van der Waals surface area contributed by atoms with Crippen molar-refractivity contribution in [2.24, 2.45) is 0 Å². The first kappa shape index (κ1) is 11.7. The Morgan fingerprint density at radius 3 is 2.35 bits per heavy atom. The molecule has 0 fully saturated rings. The first-order valence-electron chi connectivity index (χ1n) is 5.45. The summed E-state index contributed by atoms with van der Waals surface area (Å²) in [5.74, 6) is 0.890. The molecule has 0 amide bonds. The zero-order valence-corrected chi connectivity index (χ0v) is 10.8. The highest BCUT2D eigenvalue weighted by molar-refractivity contribution is 6.73. The van der Waals surface area contributed by atoms with Gasteiger partial charge in [-0.1, -0.05) is 65.5 Å². The van der Waals surface area contributed by atoms with Gasteiger partial charge < -0.3 is 4.74 Å². The lowest BCUT2D eigenvalue weighted by Crippen LogP contribution is -2.14. The van der Waals surface area contributed by atoms with Crippen LogP contribution in [0.25, 0.3) is 5.20 Å². The van der Waals surface area contributed by atoms with Crippen molar-refractivity contribution in [1.82, 2.24) is 0 Å². The molecule has 1 nitrogen and oxygen atoms in total. The summed E-state index contributed by atoms with van der Waals surface area (Å²) in [4.78, 5) is 0. The van der Waals surface area contributed by atoms with Crippen LogP contribution < -0.4 is 9.92 Å². The number of methoxy groups -OCH3 is 1. The molecule has 0 N–H and O–H groups in total. The zero-order chi connectivity index (χ0) is 12.1. The molecule has 2 heteroatoms. The Morgan fingerprint density at radius 1 is 1.00 bits per heavy atom. The standard InChI is InChI=1S/C15H14OSi/c1-12(17-13-8-4-3-5-9-13)14-10-6-7-11-15(14)16-2/h3-11H,1H2,2H3. The number of para-hydroxylation sites is 1. The van der Waals surface area contributed by atoms with Gasteiger partial charge in [-0.2, -0.15) is 0 Å². The normalized spacial score (nSPS) is 9.94. The van der Waals surface area contributed by atoms with E-state index in [2.05, 4.69) is 36.9 Å². The fraction of sp³-hybridized carbons (Fsp3) is 0.0667. The summed E-state index contributed by atoms with van der Waals surface area (Å²) >= 11 is 0. The van der Waals surface area contributed by atoms with E-state index in [0.29, 0.717) is 9.52 Å². The van der Waals surface area contributed by atoms with Gasteiger partial charge in [-0.05, 0) is 6.07 Å². The second-order valence-electron chi connectivity index (χ2n) is 3.67. The molecule has 0 aromatic heterocycles. The molecule has 0 aliphatic heterocycles. The molecule has 0 bridgehead atoms. The summed E-state index contributed by atoms with van der Waals surface area (Å²) in [6, 6.07) is 18.4. The van der Waals surface area contributed by atoms with Gasteiger partial charge in [-0.3, -0.25) is 0 Å². The molecule has 84 valence electrons. The maximum atomic E-state index is 5.35. The van der Waals surface area contributed by atoms with Gasteiger partial charge in [0.15, 0.2) is 0 Å². The van der Waals surface area contributed by atoms with Crippen molar-refractivity contribution >= 4 is 19.9 Å². The van der Waals surface area contributed by atoms with Crippen LogP contribution in [-0.2, 0) is 0 Å². The van der Waals surface area contributed by atoms with E-state index in [1.165, 1.54) is 5.19 Å². The fourth-order valence-electron chi connectivity index (χ4n) is 1.66. The van der Waals surface area contributed by atoms with Crippen LogP contribution in [0.4, 0.5) is 0 Å². The van der Waals surface area contributed by atoms with Gasteiger partial charge in [-0.25, -0.2) is 0 Å². The lowest BCUT2D eigenvalue weighted by atomic mass is 10.2. The molecule has 17 heavy (non-hydrogen) atoms. The maximum Gasteiger partial charge on any atom is 0.125 e. The summed E-state index contributed by atoms with van der Waals surface area (Å²) in [5.41, 5.74) is 1.09. The average Bonchev–Trinajstić information content (AvgIpc) is 2.40. The highest BCUT2D eigenvalue weighted by Gasteiger charge is 2.07. The van der Waals surface area contributed by atoms with Gasteiger partial charge >= 0.3 is 0 Å². The van der Waals surface area contributed by atoms with Crippen molar-refractivity contribution in [2.45, 2.75) is 0 Å². The molecule has 0 spiro atoms. The first-order valence-corrected chi connectivity index (χ1v) is 6.45. The van der Waals surface area contributed by atoms with E-state index in [1.54, 1.807) is 7.11 Å². The highest BCUT2D eigenvalue weighted by atomic mass is 28.2. The van der Waals surface area contributed by atoms with Crippen molar-refractivity contribution < 1.29 is 4.74 Å². The lowest BCUT2D eigenvalue weighted by molar-refractivity contribution is 0.413. The topological polar surface area (TPSA) is 9.23 Å². The van der Waals surface area contributed by atoms with Crippen molar-refractivity contribution in [3.63, 3.8) is 0 Å². The lowest BCUT2D eigenvalue weighted by Gasteiger charge is -2.10. The third kappa shape index (κ3) is 2.86. The van der Waals surface area contributed by atoms with E-state index in [0.717, 1.165) is 16.5 Å². The van der Waals surface area contributed by atoms with Crippen molar-refractivity contribution in [2.75, 3.05) is 7.11 Å². The molecular weight excluding hydrogens is 224 g/mol. The van der Waals surface area contributed by atoms with Crippen LogP contribution in [0.15, 0.2) is 61.2 Å². The Kier molecular flexibility index (Phi) is 3.78. The van der Waals surface area contributed by atoms with Gasteiger partial charge in [0.2, 0.25) is 0 Å². The van der Waals surface area contributed by atoms with Gasteiger partial charge in [0.25, 0.3) is 0 Å². The second-order valence-corrected chi connectivity index (χ2v) is 5.10. The van der Waals surface area contributed by atoms with E-state index in [-0.39, 0.29) is 0 Å². The minimum Gasteiger partial charge on any atom is -0.496 e. The predicted octanol–water partition coefficient (Wildman–Crippen LogP) is 2.70. The summed E-state index contributed by atoms with van der Waals surface area (Å²) in [6.07, 6.45) is 0. The van der Waals surface area contributed by atoms with E-state index >= 15 is 0 Å². The molecule has 2 aromatic rings. The smallest absolute Gasteiger partial charge is 0.125 e. The molecule has 0 heterocycles. The van der Waals surface area contributed by atoms with Crippen molar-refractivity contribution in [3.8, 4) is 5.75 Å². The van der Waals surface area contributed by atoms with Crippen LogP contribution in [0.1, 0.15) is 5.56 Å². The van der Waals surface area contributed by atoms with Gasteiger partial charge in [0.05, 0.1) is 7.11 Å². The Bertz CT molecular complexity index is 505. The van der Waals surface area contributed by atoms with E-state index in [1.807, 2.05) is 24.3 Å². The molecule has 0 saturated heterocycles. The minimum atomic E-state index is 0.581. The number of rotatable bonds is 4. The predicted molar refractivity (Wildman–Crippen MR) is 73.9 cm³/mol. The van der Waals surface area contributed by atoms with Crippen LogP contribution >= 0.6 is 0 Å². The van der Waals surface area contributed by atoms with E-state index in [4.69, 9.17) is 4.74 Å². The van der Waals surface area contributed by atoms with Gasteiger partial charge in [0, 0.05) is 5.56 Å². The van der Waals surface area contributed by atoms with Gasteiger partial charge in [0.1, 0.15) is 15.3 Å². The van der Waals surface area contributed by atoms with Gasteiger partial charge in [-0.15, -0.1) is 0 Å². The average molecular weight is 238 g/mol. The third-order valence-corrected chi connectivity index (χ3v) is 3.69. The largest absolute Gasteiger partial charge is 0.496 e. The molecule has 0 saturated carbocycles. The summed E-state index contributed by atoms with van der Waals surface area (Å²) in [6.45, 7) is 4.16. The van der Waals surface area contributed by atoms with Crippen LogP contribution in [0.5, 0.6) is 5.75 Å². The summed E-state index contributed by atoms with van der Waals surface area (Å²) < 4.78 is 5.35. The fourth-order valence-corrected chi connectivity index (χ4v) is 2.71. The highest BCUT2D eigenvalue weighted by Crippen LogP contribution is 2.23. The Morgan fingerprint density at radius 2 is 1.65 bits per heavy atom. The van der Waals surface area contributed by atoms with E-state index < -0.39 is 0 Å². The Hall–Kier alpha value is -1.80. The Labute approximate surface area is 105 Å². The number of benzene rings is 2. The monoisotopic (exact) mass is 238 g/mol. The molecular formula is C15H14OSi. The van der Waals surface area contributed by atoms with Crippen LogP contribution in [0.3, 0.4) is 0 Å². The summed E-state index contributed by atoms with van der Waals surface area (Å²) in [7, 11) is 2.27.